The van der Waals surface area contributed by atoms with E-state index in [-0.39, 0.29) is 5.69 Å². The molecule has 100 valence electrons. The van der Waals surface area contributed by atoms with Crippen molar-refractivity contribution in [3.05, 3.63) is 35.0 Å². The summed E-state index contributed by atoms with van der Waals surface area (Å²) in [6.07, 6.45) is 4.01. The lowest BCUT2D eigenvalue weighted by Gasteiger charge is -1.99. The van der Waals surface area contributed by atoms with Crippen LogP contribution in [0, 0.1) is 12.3 Å². The van der Waals surface area contributed by atoms with Gasteiger partial charge in [0.2, 0.25) is 0 Å². The molecule has 3 nitrogen and oxygen atoms in total. The fourth-order valence-electron chi connectivity index (χ4n) is 1.83. The van der Waals surface area contributed by atoms with E-state index in [2.05, 4.69) is 20.3 Å². The number of nitrogens with one attached hydrogen (secondary N) is 1. The van der Waals surface area contributed by atoms with Crippen LogP contribution in [0.2, 0.25) is 0 Å². The molecule has 0 aromatic carbocycles. The molecule has 0 unspecified atom stereocenters. The summed E-state index contributed by atoms with van der Waals surface area (Å²) in [6, 6.07) is 2.72. The summed E-state index contributed by atoms with van der Waals surface area (Å²) in [5.41, 5.74) is 1.92. The zero-order valence-electron chi connectivity index (χ0n) is 9.82. The first-order chi connectivity index (χ1) is 9.49. The van der Waals surface area contributed by atoms with Gasteiger partial charge >= 0.3 is 6.18 Å². The molecule has 3 aromatic heterocycles. The Morgan fingerprint density at radius 1 is 1.30 bits per heavy atom. The van der Waals surface area contributed by atoms with Crippen LogP contribution in [0.5, 0.6) is 0 Å². The molecule has 20 heavy (non-hydrogen) atoms. The average Bonchev–Trinajstić information content (AvgIpc) is 3.03. The Hall–Kier alpha value is -2.33. The molecule has 3 rings (SSSR count). The number of hydrogen-bond acceptors (Lipinski definition) is 3. The van der Waals surface area contributed by atoms with Gasteiger partial charge in [-0.15, -0.1) is 6.42 Å². The zero-order valence-corrected chi connectivity index (χ0v) is 10.6. The molecule has 7 heteroatoms. The van der Waals surface area contributed by atoms with Gasteiger partial charge in [-0.05, 0) is 23.7 Å². The van der Waals surface area contributed by atoms with E-state index in [9.17, 15) is 13.2 Å². The molecule has 0 bridgehead atoms. The van der Waals surface area contributed by atoms with Crippen molar-refractivity contribution in [1.29, 1.82) is 0 Å². The number of pyridine rings is 1. The van der Waals surface area contributed by atoms with Crippen molar-refractivity contribution in [2.45, 2.75) is 6.18 Å². The average molecular weight is 293 g/mol. The van der Waals surface area contributed by atoms with Gasteiger partial charge in [0.05, 0.1) is 5.69 Å². The van der Waals surface area contributed by atoms with Gasteiger partial charge in [0.1, 0.15) is 10.5 Å². The second-order valence-electron chi connectivity index (χ2n) is 4.04. The number of H-pyrrole nitrogens is 1. The van der Waals surface area contributed by atoms with Crippen molar-refractivity contribution in [3.63, 3.8) is 0 Å². The van der Waals surface area contributed by atoms with Crippen LogP contribution in [0.1, 0.15) is 10.4 Å². The van der Waals surface area contributed by atoms with Gasteiger partial charge in [-0.1, -0.05) is 5.92 Å². The summed E-state index contributed by atoms with van der Waals surface area (Å²) in [6.45, 7) is 0. The maximum absolute atomic E-state index is 12.6. The number of terminal acetylenes is 1. The summed E-state index contributed by atoms with van der Waals surface area (Å²) in [5, 5.41) is 0.652. The van der Waals surface area contributed by atoms with Crippen LogP contribution in [-0.4, -0.2) is 14.3 Å². The fraction of sp³-hybridized carbons (Fsp3) is 0.0769. The number of aromatic amines is 1. The maximum atomic E-state index is 12.6. The molecule has 1 N–H and O–H groups in total. The highest BCUT2D eigenvalue weighted by molar-refractivity contribution is 7.06. The van der Waals surface area contributed by atoms with E-state index < -0.39 is 11.1 Å². The molecule has 0 saturated carbocycles. The molecule has 0 radical (unpaired) electrons. The standard InChI is InChI=1S/C13H6F3N3S/c1-2-7-3-8-9(6-18-12(8)17-5-7)10-4-11(20-19-10)13(14,15)16/h1,3-6H,(H,17,18). The minimum Gasteiger partial charge on any atom is -0.345 e. The highest BCUT2D eigenvalue weighted by Gasteiger charge is 2.33. The van der Waals surface area contributed by atoms with Gasteiger partial charge < -0.3 is 4.98 Å². The number of hydrogen-bond donors (Lipinski definition) is 1. The third-order valence-electron chi connectivity index (χ3n) is 2.76. The number of fused-ring (bicyclic) bond motifs is 1. The SMILES string of the molecule is C#Cc1cnc2[nH]cc(-c3cc(C(F)(F)F)sn3)c2c1. The lowest BCUT2D eigenvalue weighted by molar-refractivity contribution is -0.134. The number of nitrogens with zero attached hydrogens (tertiary/aromatic N) is 2. The largest absolute Gasteiger partial charge is 0.427 e. The monoisotopic (exact) mass is 293 g/mol. The highest BCUT2D eigenvalue weighted by atomic mass is 32.1. The highest BCUT2D eigenvalue weighted by Crippen LogP contribution is 2.36. The number of halogens is 3. The summed E-state index contributed by atoms with van der Waals surface area (Å²) < 4.78 is 41.7. The molecular weight excluding hydrogens is 287 g/mol. The molecule has 0 saturated heterocycles. The lowest BCUT2D eigenvalue weighted by Crippen LogP contribution is -2.00. The normalized spacial score (nSPS) is 11.7. The van der Waals surface area contributed by atoms with E-state index in [4.69, 9.17) is 6.42 Å². The van der Waals surface area contributed by atoms with Crippen LogP contribution in [0.15, 0.2) is 24.5 Å². The Morgan fingerprint density at radius 2 is 2.10 bits per heavy atom. The Bertz CT molecular complexity index is 823. The first-order valence-corrected chi connectivity index (χ1v) is 6.24. The zero-order chi connectivity index (χ0) is 14.3. The topological polar surface area (TPSA) is 41.6 Å². The third kappa shape index (κ3) is 2.04. The predicted octanol–water partition coefficient (Wildman–Crippen LogP) is 3.69. The van der Waals surface area contributed by atoms with Crippen molar-refractivity contribution in [2.24, 2.45) is 0 Å². The molecule has 3 aromatic rings. The second-order valence-corrected chi connectivity index (χ2v) is 4.85. The predicted molar refractivity (Wildman–Crippen MR) is 70.1 cm³/mol. The molecule has 0 aliphatic carbocycles. The molecule has 0 spiro atoms. The van der Waals surface area contributed by atoms with E-state index in [1.165, 1.54) is 6.20 Å². The van der Waals surface area contributed by atoms with Crippen LogP contribution in [0.4, 0.5) is 13.2 Å². The Kier molecular flexibility index (Phi) is 2.76. The van der Waals surface area contributed by atoms with E-state index in [0.29, 0.717) is 33.7 Å². The van der Waals surface area contributed by atoms with Crippen molar-refractivity contribution < 1.29 is 13.2 Å². The Labute approximate surface area is 115 Å². The number of aromatic nitrogens is 3. The summed E-state index contributed by atoms with van der Waals surface area (Å²) >= 11 is 0.424. The van der Waals surface area contributed by atoms with Crippen molar-refractivity contribution in [1.82, 2.24) is 14.3 Å². The lowest BCUT2D eigenvalue weighted by atomic mass is 10.1. The molecule has 0 atom stereocenters. The third-order valence-corrected chi connectivity index (χ3v) is 3.60. The quantitative estimate of drug-likeness (QED) is 0.695. The van der Waals surface area contributed by atoms with Crippen LogP contribution in [-0.2, 0) is 6.18 Å². The minimum absolute atomic E-state index is 0.254. The number of rotatable bonds is 1. The van der Waals surface area contributed by atoms with Gasteiger partial charge in [0.15, 0.2) is 0 Å². The van der Waals surface area contributed by atoms with Crippen LogP contribution in [0.25, 0.3) is 22.3 Å². The molecule has 0 aliphatic rings. The van der Waals surface area contributed by atoms with Gasteiger partial charge in [0, 0.05) is 28.9 Å². The summed E-state index contributed by atoms with van der Waals surface area (Å²) in [5.74, 6) is 2.44. The van der Waals surface area contributed by atoms with Gasteiger partial charge in [-0.3, -0.25) is 0 Å². The molecule has 0 fully saturated rings. The van der Waals surface area contributed by atoms with E-state index in [1.54, 1.807) is 12.3 Å². The summed E-state index contributed by atoms with van der Waals surface area (Å²) in [7, 11) is 0. The molecule has 0 amide bonds. The maximum Gasteiger partial charge on any atom is 0.427 e. The Morgan fingerprint density at radius 3 is 2.75 bits per heavy atom. The van der Waals surface area contributed by atoms with Gasteiger partial charge in [0.25, 0.3) is 0 Å². The van der Waals surface area contributed by atoms with Gasteiger partial charge in [-0.25, -0.2) is 4.98 Å². The molecule has 3 heterocycles. The van der Waals surface area contributed by atoms with E-state index in [0.717, 1.165) is 6.07 Å². The van der Waals surface area contributed by atoms with E-state index >= 15 is 0 Å². The van der Waals surface area contributed by atoms with Gasteiger partial charge in [-0.2, -0.15) is 17.5 Å². The van der Waals surface area contributed by atoms with Crippen LogP contribution < -0.4 is 0 Å². The van der Waals surface area contributed by atoms with Crippen molar-refractivity contribution >= 4 is 22.6 Å². The first kappa shape index (κ1) is 12.7. The minimum atomic E-state index is -4.38. The first-order valence-electron chi connectivity index (χ1n) is 5.47. The van der Waals surface area contributed by atoms with E-state index in [1.807, 2.05) is 0 Å². The fourth-order valence-corrected chi connectivity index (χ4v) is 2.45. The van der Waals surface area contributed by atoms with Crippen molar-refractivity contribution in [2.75, 3.05) is 0 Å². The van der Waals surface area contributed by atoms with Crippen LogP contribution in [0.3, 0.4) is 0 Å². The molecular formula is C13H6F3N3S. The van der Waals surface area contributed by atoms with Crippen molar-refractivity contribution in [3.8, 4) is 23.6 Å². The smallest absolute Gasteiger partial charge is 0.345 e. The Balaban J connectivity index is 2.15. The summed E-state index contributed by atoms with van der Waals surface area (Å²) in [4.78, 5) is 6.27. The second kappa shape index (κ2) is 4.35. The number of alkyl halides is 3. The van der Waals surface area contributed by atoms with Crippen LogP contribution >= 0.6 is 11.5 Å². The molecule has 0 aliphatic heterocycles.